The average Bonchev–Trinajstić information content (AvgIpc) is 2.17. The van der Waals surface area contributed by atoms with Crippen LogP contribution in [-0.4, -0.2) is 18.3 Å². The van der Waals surface area contributed by atoms with Gasteiger partial charge < -0.3 is 14.6 Å². The number of ether oxygens (including phenoxy) is 2. The highest BCUT2D eigenvalue weighted by Gasteiger charge is 2.17. The van der Waals surface area contributed by atoms with Crippen LogP contribution in [0.15, 0.2) is 12.1 Å². The first kappa shape index (κ1) is 9.19. The second-order valence-corrected chi connectivity index (χ2v) is 3.72. The van der Waals surface area contributed by atoms with Crippen LogP contribution in [0.25, 0.3) is 0 Å². The molecule has 1 aromatic carbocycles. The molecule has 2 rings (SSSR count). The maximum Gasteiger partial charge on any atom is 0.203 e. The summed E-state index contributed by atoms with van der Waals surface area (Å²) in [5.41, 5.74) is 1.06. The van der Waals surface area contributed by atoms with E-state index in [1.807, 2.05) is 6.07 Å². The van der Waals surface area contributed by atoms with Crippen molar-refractivity contribution < 1.29 is 14.6 Å². The topological polar surface area (TPSA) is 38.7 Å². The molecule has 0 atom stereocenters. The van der Waals surface area contributed by atoms with Crippen LogP contribution in [-0.2, 0) is 0 Å². The fraction of sp³-hybridized carbons (Fsp3) is 0.455. The van der Waals surface area contributed by atoms with Crippen molar-refractivity contribution in [3.05, 3.63) is 17.7 Å². The van der Waals surface area contributed by atoms with Crippen LogP contribution in [0, 0.1) is 0 Å². The normalized spacial score (nSPS) is 14.5. The number of benzene rings is 1. The lowest BCUT2D eigenvalue weighted by atomic mass is 10.0. The van der Waals surface area contributed by atoms with Gasteiger partial charge in [0.15, 0.2) is 11.5 Å². The number of hydrogen-bond donors (Lipinski definition) is 1. The Morgan fingerprint density at radius 3 is 2.64 bits per heavy atom. The van der Waals surface area contributed by atoms with E-state index in [1.165, 1.54) is 0 Å². The summed E-state index contributed by atoms with van der Waals surface area (Å²) in [6, 6.07) is 3.66. The summed E-state index contributed by atoms with van der Waals surface area (Å²) < 4.78 is 10.7. The van der Waals surface area contributed by atoms with Crippen molar-refractivity contribution in [2.75, 3.05) is 13.2 Å². The first-order valence-electron chi connectivity index (χ1n) is 4.81. The fourth-order valence-electron chi connectivity index (χ4n) is 1.49. The van der Waals surface area contributed by atoms with E-state index in [2.05, 4.69) is 13.8 Å². The van der Waals surface area contributed by atoms with Crippen LogP contribution < -0.4 is 9.47 Å². The fourth-order valence-corrected chi connectivity index (χ4v) is 1.49. The summed E-state index contributed by atoms with van der Waals surface area (Å²) in [6.45, 7) is 5.20. The molecule has 3 heteroatoms. The third kappa shape index (κ3) is 1.50. The summed E-state index contributed by atoms with van der Waals surface area (Å²) in [5.74, 6) is 1.67. The van der Waals surface area contributed by atoms with Crippen LogP contribution in [0.3, 0.4) is 0 Å². The van der Waals surface area contributed by atoms with E-state index < -0.39 is 0 Å². The van der Waals surface area contributed by atoms with Gasteiger partial charge >= 0.3 is 0 Å². The largest absolute Gasteiger partial charge is 0.504 e. The second-order valence-electron chi connectivity index (χ2n) is 3.72. The Balaban J connectivity index is 2.46. The van der Waals surface area contributed by atoms with E-state index >= 15 is 0 Å². The minimum absolute atomic E-state index is 0.172. The van der Waals surface area contributed by atoms with Gasteiger partial charge in [0.05, 0.1) is 0 Å². The van der Waals surface area contributed by atoms with Crippen molar-refractivity contribution in [3.8, 4) is 17.2 Å². The summed E-state index contributed by atoms with van der Waals surface area (Å²) in [4.78, 5) is 0. The monoisotopic (exact) mass is 194 g/mol. The van der Waals surface area contributed by atoms with Gasteiger partial charge in [-0.1, -0.05) is 13.8 Å². The van der Waals surface area contributed by atoms with Crippen LogP contribution >= 0.6 is 0 Å². The van der Waals surface area contributed by atoms with Gasteiger partial charge in [0.2, 0.25) is 5.75 Å². The van der Waals surface area contributed by atoms with Gasteiger partial charge in [-0.05, 0) is 23.6 Å². The first-order valence-corrected chi connectivity index (χ1v) is 4.81. The number of fused-ring (bicyclic) bond motifs is 1. The highest BCUT2D eigenvalue weighted by molar-refractivity contribution is 5.54. The molecule has 3 nitrogen and oxygen atoms in total. The smallest absolute Gasteiger partial charge is 0.203 e. The molecule has 0 aliphatic carbocycles. The molecule has 0 spiro atoms. The van der Waals surface area contributed by atoms with E-state index in [9.17, 15) is 5.11 Å². The maximum atomic E-state index is 9.68. The minimum Gasteiger partial charge on any atom is -0.504 e. The Hall–Kier alpha value is -1.38. The molecule has 14 heavy (non-hydrogen) atoms. The molecule has 0 unspecified atom stereocenters. The summed E-state index contributed by atoms with van der Waals surface area (Å²) >= 11 is 0. The molecule has 0 radical (unpaired) electrons. The SMILES string of the molecule is CC(C)c1cc(O)c2c(c1)OCCO2. The predicted octanol–water partition coefficient (Wildman–Crippen LogP) is 2.29. The zero-order valence-electron chi connectivity index (χ0n) is 8.41. The van der Waals surface area contributed by atoms with E-state index in [-0.39, 0.29) is 5.75 Å². The van der Waals surface area contributed by atoms with Crippen molar-refractivity contribution >= 4 is 0 Å². The predicted molar refractivity (Wildman–Crippen MR) is 53.2 cm³/mol. The molecule has 1 aliphatic heterocycles. The van der Waals surface area contributed by atoms with E-state index in [4.69, 9.17) is 9.47 Å². The van der Waals surface area contributed by atoms with Crippen LogP contribution in [0.5, 0.6) is 17.2 Å². The van der Waals surface area contributed by atoms with Gasteiger partial charge in [-0.2, -0.15) is 0 Å². The molecule has 0 fully saturated rings. The third-order valence-electron chi connectivity index (χ3n) is 2.31. The lowest BCUT2D eigenvalue weighted by Gasteiger charge is -2.20. The van der Waals surface area contributed by atoms with Crippen LogP contribution in [0.2, 0.25) is 0 Å². The number of hydrogen-bond acceptors (Lipinski definition) is 3. The maximum absolute atomic E-state index is 9.68. The van der Waals surface area contributed by atoms with Gasteiger partial charge in [0.25, 0.3) is 0 Å². The summed E-state index contributed by atoms with van der Waals surface area (Å²) in [6.07, 6.45) is 0. The molecule has 0 aromatic heterocycles. The Labute approximate surface area is 83.3 Å². The molecule has 0 amide bonds. The lowest BCUT2D eigenvalue weighted by Crippen LogP contribution is -2.15. The van der Waals surface area contributed by atoms with Gasteiger partial charge in [0.1, 0.15) is 13.2 Å². The molecule has 76 valence electrons. The van der Waals surface area contributed by atoms with Crippen molar-refractivity contribution in [1.29, 1.82) is 0 Å². The number of phenols is 1. The van der Waals surface area contributed by atoms with Gasteiger partial charge in [-0.15, -0.1) is 0 Å². The number of phenolic OH excluding ortho intramolecular Hbond substituents is 1. The van der Waals surface area contributed by atoms with Gasteiger partial charge in [0, 0.05) is 0 Å². The molecular weight excluding hydrogens is 180 g/mol. The Bertz CT molecular complexity index is 345. The molecule has 0 saturated carbocycles. The highest BCUT2D eigenvalue weighted by atomic mass is 16.6. The first-order chi connectivity index (χ1) is 6.68. The van der Waals surface area contributed by atoms with Gasteiger partial charge in [-0.3, -0.25) is 0 Å². The average molecular weight is 194 g/mol. The summed E-state index contributed by atoms with van der Waals surface area (Å²) in [5, 5.41) is 9.68. The Kier molecular flexibility index (Phi) is 2.23. The van der Waals surface area contributed by atoms with Crippen molar-refractivity contribution in [2.24, 2.45) is 0 Å². The third-order valence-corrected chi connectivity index (χ3v) is 2.31. The molecule has 0 bridgehead atoms. The lowest BCUT2D eigenvalue weighted by molar-refractivity contribution is 0.165. The zero-order valence-corrected chi connectivity index (χ0v) is 8.41. The van der Waals surface area contributed by atoms with Crippen molar-refractivity contribution in [1.82, 2.24) is 0 Å². The molecule has 1 aliphatic rings. The number of aromatic hydroxyl groups is 1. The molecule has 0 saturated heterocycles. The summed E-state index contributed by atoms with van der Waals surface area (Å²) in [7, 11) is 0. The standard InChI is InChI=1S/C11H14O3/c1-7(2)8-5-9(12)11-10(6-8)13-3-4-14-11/h5-7,12H,3-4H2,1-2H3. The van der Waals surface area contributed by atoms with E-state index in [0.717, 1.165) is 5.56 Å². The van der Waals surface area contributed by atoms with E-state index in [0.29, 0.717) is 30.6 Å². The zero-order chi connectivity index (χ0) is 10.1. The van der Waals surface area contributed by atoms with Gasteiger partial charge in [-0.25, -0.2) is 0 Å². The van der Waals surface area contributed by atoms with E-state index in [1.54, 1.807) is 6.07 Å². The van der Waals surface area contributed by atoms with Crippen molar-refractivity contribution in [2.45, 2.75) is 19.8 Å². The van der Waals surface area contributed by atoms with Crippen LogP contribution in [0.1, 0.15) is 25.3 Å². The quantitative estimate of drug-likeness (QED) is 0.745. The highest BCUT2D eigenvalue weighted by Crippen LogP contribution is 2.41. The second kappa shape index (κ2) is 3.40. The molecule has 1 heterocycles. The number of rotatable bonds is 1. The van der Waals surface area contributed by atoms with Crippen LogP contribution in [0.4, 0.5) is 0 Å². The Morgan fingerprint density at radius 2 is 1.93 bits per heavy atom. The minimum atomic E-state index is 0.172. The molecular formula is C11H14O3. The molecule has 1 aromatic rings. The van der Waals surface area contributed by atoms with Crippen molar-refractivity contribution in [3.63, 3.8) is 0 Å². The Morgan fingerprint density at radius 1 is 1.21 bits per heavy atom. The molecule has 1 N–H and O–H groups in total.